The van der Waals surface area contributed by atoms with Crippen molar-refractivity contribution in [1.82, 2.24) is 5.32 Å². The Balaban J connectivity index is 1.69. The zero-order chi connectivity index (χ0) is 14.0. The minimum atomic E-state index is -0.414. The van der Waals surface area contributed by atoms with Gasteiger partial charge in [0.15, 0.2) is 16.6 Å². The van der Waals surface area contributed by atoms with Crippen molar-refractivity contribution in [2.45, 2.75) is 31.5 Å². The summed E-state index contributed by atoms with van der Waals surface area (Å²) >= 11 is 5.19. The van der Waals surface area contributed by atoms with Gasteiger partial charge in [-0.2, -0.15) is 0 Å². The van der Waals surface area contributed by atoms with Crippen LogP contribution in [0.4, 0.5) is 5.69 Å². The van der Waals surface area contributed by atoms with Gasteiger partial charge in [-0.25, -0.2) is 0 Å². The quantitative estimate of drug-likeness (QED) is 0.661. The van der Waals surface area contributed by atoms with E-state index in [1.54, 1.807) is 6.08 Å². The van der Waals surface area contributed by atoms with Gasteiger partial charge in [0.1, 0.15) is 0 Å². The van der Waals surface area contributed by atoms with Crippen LogP contribution in [-0.2, 0) is 0 Å². The van der Waals surface area contributed by atoms with Crippen molar-refractivity contribution in [2.24, 2.45) is 0 Å². The highest BCUT2D eigenvalue weighted by atomic mass is 32.1. The number of benzene rings is 1. The van der Waals surface area contributed by atoms with Gasteiger partial charge in [0.2, 0.25) is 0 Å². The van der Waals surface area contributed by atoms with Gasteiger partial charge in [0.05, 0.1) is 0 Å². The van der Waals surface area contributed by atoms with Crippen LogP contribution in [0, 0.1) is 0 Å². The first-order valence-corrected chi connectivity index (χ1v) is 7.29. The molecule has 1 fully saturated rings. The topological polar surface area (TPSA) is 42.5 Å². The number of thiocarbonyl (C=S) groups is 1. The summed E-state index contributed by atoms with van der Waals surface area (Å²) in [4.78, 5) is 0. The van der Waals surface area contributed by atoms with Crippen LogP contribution in [0.25, 0.3) is 0 Å². The van der Waals surface area contributed by atoms with E-state index in [0.29, 0.717) is 11.7 Å². The highest BCUT2D eigenvalue weighted by molar-refractivity contribution is 7.80. The van der Waals surface area contributed by atoms with Gasteiger partial charge >= 0.3 is 0 Å². The lowest BCUT2D eigenvalue weighted by Crippen LogP contribution is -2.34. The molecule has 1 aromatic carbocycles. The summed E-state index contributed by atoms with van der Waals surface area (Å²) in [5.41, 5.74) is 0.893. The first-order chi connectivity index (χ1) is 9.71. The molecule has 0 unspecified atom stereocenters. The Morgan fingerprint density at radius 2 is 2.05 bits per heavy atom. The molecule has 0 bridgehead atoms. The molecule has 20 heavy (non-hydrogen) atoms. The largest absolute Gasteiger partial charge is 0.448 e. The molecule has 0 aromatic heterocycles. The molecule has 5 heteroatoms. The van der Waals surface area contributed by atoms with Crippen molar-refractivity contribution < 1.29 is 9.47 Å². The third-order valence-electron chi connectivity index (χ3n) is 3.57. The third kappa shape index (κ3) is 2.58. The first-order valence-electron chi connectivity index (χ1n) is 6.89. The van der Waals surface area contributed by atoms with E-state index >= 15 is 0 Å². The summed E-state index contributed by atoms with van der Waals surface area (Å²) in [6.07, 6.45) is 6.01. The Hall–Kier alpha value is -1.75. The van der Waals surface area contributed by atoms with Gasteiger partial charge in [-0.05, 0) is 37.2 Å². The van der Waals surface area contributed by atoms with Crippen LogP contribution in [0.15, 0.2) is 30.9 Å². The second-order valence-electron chi connectivity index (χ2n) is 5.11. The Labute approximate surface area is 124 Å². The second-order valence-corrected chi connectivity index (χ2v) is 5.52. The maximum Gasteiger partial charge on any atom is 0.251 e. The number of ether oxygens (including phenoxy) is 2. The number of anilines is 1. The fourth-order valence-corrected chi connectivity index (χ4v) is 2.83. The summed E-state index contributed by atoms with van der Waals surface area (Å²) in [6.45, 7) is 4.28. The average molecular weight is 290 g/mol. The lowest BCUT2D eigenvalue weighted by atomic mass is 10.2. The van der Waals surface area contributed by atoms with E-state index in [2.05, 4.69) is 17.2 Å². The van der Waals surface area contributed by atoms with Gasteiger partial charge < -0.3 is 20.1 Å². The van der Waals surface area contributed by atoms with Crippen LogP contribution in [0.5, 0.6) is 11.5 Å². The van der Waals surface area contributed by atoms with E-state index in [9.17, 15) is 0 Å². The predicted octanol–water partition coefficient (Wildman–Crippen LogP) is 3.20. The molecule has 1 aliphatic heterocycles. The van der Waals surface area contributed by atoms with Crippen molar-refractivity contribution in [3.05, 3.63) is 30.9 Å². The maximum atomic E-state index is 6.02. The molecule has 0 radical (unpaired) electrons. The molecular formula is C15H18N2O2S. The highest BCUT2D eigenvalue weighted by Gasteiger charge is 2.44. The van der Waals surface area contributed by atoms with Crippen LogP contribution >= 0.6 is 12.2 Å². The zero-order valence-electron chi connectivity index (χ0n) is 11.3. The molecule has 0 amide bonds. The molecule has 0 atom stereocenters. The SMILES string of the molecule is C=CCNC(=S)Nc1ccc2c(c1)OC1(CCCC1)O2. The Kier molecular flexibility index (Phi) is 3.53. The average Bonchev–Trinajstić information content (AvgIpc) is 3.02. The maximum absolute atomic E-state index is 6.02. The van der Waals surface area contributed by atoms with Crippen molar-refractivity contribution in [2.75, 3.05) is 11.9 Å². The molecule has 4 nitrogen and oxygen atoms in total. The number of nitrogens with one attached hydrogen (secondary N) is 2. The number of rotatable bonds is 3. The van der Waals surface area contributed by atoms with E-state index in [1.807, 2.05) is 18.2 Å². The Morgan fingerprint density at radius 3 is 2.80 bits per heavy atom. The van der Waals surface area contributed by atoms with Crippen LogP contribution in [0.3, 0.4) is 0 Å². The second kappa shape index (κ2) is 5.32. The molecule has 3 rings (SSSR count). The third-order valence-corrected chi connectivity index (χ3v) is 3.81. The fraction of sp³-hybridized carbons (Fsp3) is 0.400. The van der Waals surface area contributed by atoms with Gasteiger partial charge in [-0.1, -0.05) is 6.08 Å². The molecular weight excluding hydrogens is 272 g/mol. The standard InChI is InChI=1S/C15H18N2O2S/c1-2-9-16-14(20)17-11-5-6-12-13(10-11)19-15(18-12)7-3-4-8-15/h2,5-6,10H,1,3-4,7-9H2,(H2,16,17,20). The van der Waals surface area contributed by atoms with Crippen molar-refractivity contribution in [3.8, 4) is 11.5 Å². The highest BCUT2D eigenvalue weighted by Crippen LogP contribution is 2.47. The minimum Gasteiger partial charge on any atom is -0.448 e. The number of hydrogen-bond donors (Lipinski definition) is 2. The number of fused-ring (bicyclic) bond motifs is 1. The lowest BCUT2D eigenvalue weighted by molar-refractivity contribution is -0.0716. The normalized spacial score (nSPS) is 18.0. The van der Waals surface area contributed by atoms with Gasteiger partial charge in [0, 0.05) is 31.1 Å². The van der Waals surface area contributed by atoms with Gasteiger partial charge in [0.25, 0.3) is 5.79 Å². The molecule has 1 spiro atoms. The summed E-state index contributed by atoms with van der Waals surface area (Å²) in [6, 6.07) is 5.81. The van der Waals surface area contributed by atoms with Gasteiger partial charge in [-0.15, -0.1) is 6.58 Å². The van der Waals surface area contributed by atoms with E-state index in [-0.39, 0.29) is 0 Å². The Bertz CT molecular complexity index is 539. The van der Waals surface area contributed by atoms with Gasteiger partial charge in [-0.3, -0.25) is 0 Å². The summed E-state index contributed by atoms with van der Waals surface area (Å²) in [5, 5.41) is 6.72. The monoisotopic (exact) mass is 290 g/mol. The molecule has 1 aromatic rings. The Morgan fingerprint density at radius 1 is 1.30 bits per heavy atom. The van der Waals surface area contributed by atoms with Crippen LogP contribution < -0.4 is 20.1 Å². The molecule has 1 heterocycles. The molecule has 106 valence electrons. The predicted molar refractivity (Wildman–Crippen MR) is 83.3 cm³/mol. The van der Waals surface area contributed by atoms with E-state index in [4.69, 9.17) is 21.7 Å². The smallest absolute Gasteiger partial charge is 0.251 e. The van der Waals surface area contributed by atoms with Crippen LogP contribution in [0.1, 0.15) is 25.7 Å². The van der Waals surface area contributed by atoms with Crippen LogP contribution in [0.2, 0.25) is 0 Å². The first kappa shape index (κ1) is 13.2. The summed E-state index contributed by atoms with van der Waals surface area (Å²) < 4.78 is 12.0. The van der Waals surface area contributed by atoms with E-state index in [0.717, 1.165) is 42.9 Å². The molecule has 1 saturated carbocycles. The van der Waals surface area contributed by atoms with Crippen molar-refractivity contribution in [3.63, 3.8) is 0 Å². The molecule has 1 aliphatic carbocycles. The van der Waals surface area contributed by atoms with E-state index < -0.39 is 5.79 Å². The van der Waals surface area contributed by atoms with Crippen molar-refractivity contribution in [1.29, 1.82) is 0 Å². The molecule has 2 N–H and O–H groups in total. The summed E-state index contributed by atoms with van der Waals surface area (Å²) in [7, 11) is 0. The van der Waals surface area contributed by atoms with Crippen molar-refractivity contribution >= 4 is 23.0 Å². The molecule has 0 saturated heterocycles. The van der Waals surface area contributed by atoms with E-state index in [1.165, 1.54) is 0 Å². The summed E-state index contributed by atoms with van der Waals surface area (Å²) in [5.74, 6) is 1.20. The van der Waals surface area contributed by atoms with Crippen LogP contribution in [-0.4, -0.2) is 17.4 Å². The lowest BCUT2D eigenvalue weighted by Gasteiger charge is -2.21. The minimum absolute atomic E-state index is 0.414. The molecule has 2 aliphatic rings. The zero-order valence-corrected chi connectivity index (χ0v) is 12.1. The fourth-order valence-electron chi connectivity index (χ4n) is 2.63. The number of hydrogen-bond acceptors (Lipinski definition) is 3.